The van der Waals surface area contributed by atoms with Crippen LogP contribution in [0.3, 0.4) is 0 Å². The summed E-state index contributed by atoms with van der Waals surface area (Å²) in [4.78, 5) is 12.6. The zero-order chi connectivity index (χ0) is 21.0. The Morgan fingerprint density at radius 1 is 0.966 bits per heavy atom. The third-order valence-corrected chi connectivity index (χ3v) is 5.65. The van der Waals surface area contributed by atoms with E-state index in [1.165, 1.54) is 24.3 Å². The number of amides is 1. The van der Waals surface area contributed by atoms with Gasteiger partial charge >= 0.3 is 0 Å². The van der Waals surface area contributed by atoms with Crippen molar-refractivity contribution in [2.45, 2.75) is 11.8 Å². The van der Waals surface area contributed by atoms with Crippen molar-refractivity contribution >= 4 is 27.3 Å². The first-order chi connectivity index (χ1) is 13.8. The summed E-state index contributed by atoms with van der Waals surface area (Å²) in [5.74, 6) is -0.905. The second-order valence-corrected chi connectivity index (χ2v) is 8.11. The highest BCUT2D eigenvalue weighted by Crippen LogP contribution is 2.20. The molecule has 0 aliphatic heterocycles. The third-order valence-electron chi connectivity index (χ3n) is 4.27. The number of nitrogens with one attached hydrogen (secondary N) is 2. The Morgan fingerprint density at radius 3 is 2.28 bits per heavy atom. The number of nitrogens with zero attached hydrogens (tertiary/aromatic N) is 1. The van der Waals surface area contributed by atoms with Crippen LogP contribution in [0.5, 0.6) is 0 Å². The van der Waals surface area contributed by atoms with Crippen LogP contribution in [0.2, 0.25) is 0 Å². The van der Waals surface area contributed by atoms with Crippen LogP contribution < -0.4 is 15.2 Å². The molecule has 3 rings (SSSR count). The topological polar surface area (TPSA) is 78.5 Å². The second-order valence-electron chi connectivity index (χ2n) is 6.42. The number of benzene rings is 3. The summed E-state index contributed by atoms with van der Waals surface area (Å²) in [5.41, 5.74) is 4.59. The van der Waals surface area contributed by atoms with Crippen molar-refractivity contribution in [3.05, 3.63) is 89.7 Å². The molecule has 0 unspecified atom stereocenters. The molecule has 150 valence electrons. The van der Waals surface area contributed by atoms with Crippen LogP contribution in [0.15, 0.2) is 77.7 Å². The molecular formula is C21H20FN3O3S. The van der Waals surface area contributed by atoms with E-state index in [0.29, 0.717) is 5.56 Å². The number of carbonyl (C=O) groups is 1. The average molecular weight is 413 g/mol. The Balaban J connectivity index is 1.83. The first-order valence-electron chi connectivity index (χ1n) is 8.75. The van der Waals surface area contributed by atoms with E-state index in [1.54, 1.807) is 25.0 Å². The first-order valence-corrected chi connectivity index (χ1v) is 10.2. The van der Waals surface area contributed by atoms with Crippen molar-refractivity contribution in [3.8, 4) is 0 Å². The van der Waals surface area contributed by atoms with Crippen molar-refractivity contribution in [1.29, 1.82) is 0 Å². The standard InChI is InChI=1S/C21H20FN3O3S/c1-15-8-13-19(29(27,28)24-17-11-9-16(22)10-12-17)14-20(15)21(26)23-25(2)18-6-4-3-5-7-18/h3-14,24H,1-2H3,(H,23,26). The fraction of sp³-hybridized carbons (Fsp3) is 0.0952. The van der Waals surface area contributed by atoms with Gasteiger partial charge in [0, 0.05) is 18.3 Å². The molecule has 0 bridgehead atoms. The second kappa shape index (κ2) is 8.32. The summed E-state index contributed by atoms with van der Waals surface area (Å²) in [6.07, 6.45) is 0. The molecule has 0 fully saturated rings. The van der Waals surface area contributed by atoms with Crippen LogP contribution >= 0.6 is 0 Å². The van der Waals surface area contributed by atoms with Gasteiger partial charge in [0.2, 0.25) is 0 Å². The lowest BCUT2D eigenvalue weighted by molar-refractivity contribution is 0.0950. The molecule has 0 radical (unpaired) electrons. The maximum atomic E-state index is 13.0. The van der Waals surface area contributed by atoms with Crippen molar-refractivity contribution in [1.82, 2.24) is 5.43 Å². The van der Waals surface area contributed by atoms with E-state index in [2.05, 4.69) is 10.1 Å². The number of rotatable bonds is 6. The van der Waals surface area contributed by atoms with Gasteiger partial charge in [-0.05, 0) is 61.0 Å². The quantitative estimate of drug-likeness (QED) is 0.604. The Morgan fingerprint density at radius 2 is 1.62 bits per heavy atom. The summed E-state index contributed by atoms with van der Waals surface area (Å²) in [6.45, 7) is 1.72. The van der Waals surface area contributed by atoms with Gasteiger partial charge in [-0.3, -0.25) is 20.0 Å². The van der Waals surface area contributed by atoms with Gasteiger partial charge in [-0.25, -0.2) is 12.8 Å². The Kier molecular flexibility index (Phi) is 5.84. The lowest BCUT2D eigenvalue weighted by Gasteiger charge is -2.21. The van der Waals surface area contributed by atoms with E-state index in [4.69, 9.17) is 0 Å². The number of hydrogen-bond acceptors (Lipinski definition) is 4. The normalized spacial score (nSPS) is 11.0. The molecule has 3 aromatic rings. The molecule has 0 aromatic heterocycles. The fourth-order valence-corrected chi connectivity index (χ4v) is 3.76. The Hall–Kier alpha value is -3.39. The van der Waals surface area contributed by atoms with Gasteiger partial charge in [0.1, 0.15) is 5.82 Å². The van der Waals surface area contributed by atoms with Gasteiger partial charge in [0.05, 0.1) is 10.6 Å². The molecule has 29 heavy (non-hydrogen) atoms. The maximum absolute atomic E-state index is 13.0. The van der Waals surface area contributed by atoms with Crippen LogP contribution in [0.1, 0.15) is 15.9 Å². The summed E-state index contributed by atoms with van der Waals surface area (Å²) in [5, 5.41) is 1.56. The van der Waals surface area contributed by atoms with Crippen molar-refractivity contribution < 1.29 is 17.6 Å². The molecule has 0 saturated heterocycles. The van der Waals surface area contributed by atoms with Gasteiger partial charge in [0.15, 0.2) is 0 Å². The Labute approximate surface area is 169 Å². The zero-order valence-corrected chi connectivity index (χ0v) is 16.7. The average Bonchev–Trinajstić information content (AvgIpc) is 2.70. The molecule has 0 aliphatic carbocycles. The molecule has 0 heterocycles. The van der Waals surface area contributed by atoms with Crippen molar-refractivity contribution in [3.63, 3.8) is 0 Å². The van der Waals surface area contributed by atoms with Crippen LogP contribution in [-0.2, 0) is 10.0 Å². The minimum Gasteiger partial charge on any atom is -0.288 e. The van der Waals surface area contributed by atoms with Gasteiger partial charge in [-0.15, -0.1) is 0 Å². The van der Waals surface area contributed by atoms with Gasteiger partial charge in [-0.2, -0.15) is 0 Å². The number of anilines is 2. The third kappa shape index (κ3) is 4.91. The highest BCUT2D eigenvalue weighted by Gasteiger charge is 2.19. The number of hydrogen-bond donors (Lipinski definition) is 2. The molecule has 3 aromatic carbocycles. The van der Waals surface area contributed by atoms with Crippen molar-refractivity contribution in [2.75, 3.05) is 16.8 Å². The molecular weight excluding hydrogens is 393 g/mol. The van der Waals surface area contributed by atoms with Gasteiger partial charge < -0.3 is 0 Å². The largest absolute Gasteiger partial charge is 0.288 e. The number of para-hydroxylation sites is 1. The Bertz CT molecular complexity index is 1120. The summed E-state index contributed by atoms with van der Waals surface area (Å²) in [7, 11) is -2.25. The summed E-state index contributed by atoms with van der Waals surface area (Å²) in [6, 6.07) is 18.5. The van der Waals surface area contributed by atoms with E-state index in [-0.39, 0.29) is 16.1 Å². The molecule has 8 heteroatoms. The number of hydrazine groups is 1. The molecule has 0 saturated carbocycles. The van der Waals surface area contributed by atoms with Gasteiger partial charge in [0.25, 0.3) is 15.9 Å². The molecule has 6 nitrogen and oxygen atoms in total. The van der Waals surface area contributed by atoms with E-state index in [9.17, 15) is 17.6 Å². The minimum atomic E-state index is -3.95. The lowest BCUT2D eigenvalue weighted by Crippen LogP contribution is -2.39. The monoisotopic (exact) mass is 413 g/mol. The fourth-order valence-electron chi connectivity index (χ4n) is 2.67. The van der Waals surface area contributed by atoms with Crippen LogP contribution in [0, 0.1) is 12.7 Å². The molecule has 0 spiro atoms. The highest BCUT2D eigenvalue weighted by atomic mass is 32.2. The van der Waals surface area contributed by atoms with E-state index in [0.717, 1.165) is 17.8 Å². The SMILES string of the molecule is Cc1ccc(S(=O)(=O)Nc2ccc(F)cc2)cc1C(=O)NN(C)c1ccccc1. The predicted molar refractivity (Wildman–Crippen MR) is 111 cm³/mol. The maximum Gasteiger partial charge on any atom is 0.270 e. The molecule has 0 atom stereocenters. The van der Waals surface area contributed by atoms with E-state index < -0.39 is 21.7 Å². The first kappa shape index (κ1) is 20.3. The highest BCUT2D eigenvalue weighted by molar-refractivity contribution is 7.92. The van der Waals surface area contributed by atoms with E-state index >= 15 is 0 Å². The van der Waals surface area contributed by atoms with Crippen LogP contribution in [-0.4, -0.2) is 21.4 Å². The molecule has 0 aliphatic rings. The smallest absolute Gasteiger partial charge is 0.270 e. The number of sulfonamides is 1. The zero-order valence-electron chi connectivity index (χ0n) is 15.9. The summed E-state index contributed by atoms with van der Waals surface area (Å²) >= 11 is 0. The molecule has 2 N–H and O–H groups in total. The lowest BCUT2D eigenvalue weighted by atomic mass is 10.1. The minimum absolute atomic E-state index is 0.0695. The van der Waals surface area contributed by atoms with Crippen LogP contribution in [0.25, 0.3) is 0 Å². The number of aryl methyl sites for hydroxylation is 1. The summed E-state index contributed by atoms with van der Waals surface area (Å²) < 4.78 is 40.7. The number of carbonyl (C=O) groups excluding carboxylic acids is 1. The van der Waals surface area contributed by atoms with Gasteiger partial charge in [-0.1, -0.05) is 24.3 Å². The number of halogens is 1. The van der Waals surface area contributed by atoms with Crippen molar-refractivity contribution in [2.24, 2.45) is 0 Å². The molecule has 1 amide bonds. The van der Waals surface area contributed by atoms with E-state index in [1.807, 2.05) is 30.3 Å². The van der Waals surface area contributed by atoms with Crippen LogP contribution in [0.4, 0.5) is 15.8 Å². The predicted octanol–water partition coefficient (Wildman–Crippen LogP) is 3.72.